The summed E-state index contributed by atoms with van der Waals surface area (Å²) >= 11 is 5.85. The van der Waals surface area contributed by atoms with Crippen LogP contribution in [0.2, 0.25) is 5.02 Å². The number of esters is 1. The molecule has 0 atom stereocenters. The third-order valence-electron chi connectivity index (χ3n) is 7.84. The minimum Gasteiger partial charge on any atom is -0.455 e. The summed E-state index contributed by atoms with van der Waals surface area (Å²) in [4.78, 5) is 27.4. The Morgan fingerprint density at radius 2 is 1.47 bits per heavy atom. The first-order valence-electron chi connectivity index (χ1n) is 11.5. The van der Waals surface area contributed by atoms with Gasteiger partial charge in [0.05, 0.1) is 10.3 Å². The lowest BCUT2D eigenvalue weighted by molar-refractivity contribution is -0.174. The molecule has 5 fully saturated rings. The van der Waals surface area contributed by atoms with Crippen molar-refractivity contribution < 1.29 is 22.7 Å². The Labute approximate surface area is 194 Å². The summed E-state index contributed by atoms with van der Waals surface area (Å²) < 4.78 is 32.5. The summed E-state index contributed by atoms with van der Waals surface area (Å²) in [5, 5.41) is 0.474. The third kappa shape index (κ3) is 4.05. The zero-order valence-electron chi connectivity index (χ0n) is 18.0. The predicted molar refractivity (Wildman–Crippen MR) is 118 cm³/mol. The number of carbonyl (C=O) groups is 2. The van der Waals surface area contributed by atoms with E-state index in [9.17, 15) is 18.0 Å². The number of piperazine rings is 1. The van der Waals surface area contributed by atoms with Crippen LogP contribution in [0.1, 0.15) is 38.5 Å². The number of rotatable bonds is 5. The van der Waals surface area contributed by atoms with E-state index in [-0.39, 0.29) is 55.0 Å². The highest BCUT2D eigenvalue weighted by Crippen LogP contribution is 2.60. The normalized spacial score (nSPS) is 32.2. The number of amides is 1. The zero-order chi connectivity index (χ0) is 22.5. The van der Waals surface area contributed by atoms with Crippen LogP contribution in [0.3, 0.4) is 0 Å². The van der Waals surface area contributed by atoms with Gasteiger partial charge in [0.2, 0.25) is 10.0 Å². The van der Waals surface area contributed by atoms with Gasteiger partial charge < -0.3 is 9.64 Å². The van der Waals surface area contributed by atoms with Crippen molar-refractivity contribution in [3.63, 3.8) is 0 Å². The molecular weight excluding hydrogens is 452 g/mol. The van der Waals surface area contributed by atoms with Crippen LogP contribution in [0.15, 0.2) is 29.2 Å². The molecule has 0 unspecified atom stereocenters. The summed E-state index contributed by atoms with van der Waals surface area (Å²) in [6, 6.07) is 6.07. The standard InChI is InChI=1S/C23H29ClN2O5S/c24-19-1-3-20(4-2-19)32(29,30)26-7-5-25(6-8-26)21(27)15-31-22(28)23-12-16-9-17(13-23)11-18(10-16)14-23/h1-4,16-18H,5-15H2. The molecule has 5 aliphatic rings. The zero-order valence-corrected chi connectivity index (χ0v) is 19.6. The van der Waals surface area contributed by atoms with Gasteiger partial charge >= 0.3 is 5.97 Å². The van der Waals surface area contributed by atoms with Gasteiger partial charge in [-0.2, -0.15) is 4.31 Å². The van der Waals surface area contributed by atoms with E-state index in [0.717, 1.165) is 19.3 Å². The fourth-order valence-electron chi connectivity index (χ4n) is 6.67. The number of sulfonamides is 1. The molecule has 1 heterocycles. The topological polar surface area (TPSA) is 84.0 Å². The first-order valence-corrected chi connectivity index (χ1v) is 13.3. The molecule has 0 aromatic heterocycles. The molecule has 0 N–H and O–H groups in total. The molecule has 1 aromatic rings. The van der Waals surface area contributed by atoms with Crippen LogP contribution in [0.4, 0.5) is 0 Å². The van der Waals surface area contributed by atoms with Crippen molar-refractivity contribution in [2.75, 3.05) is 32.8 Å². The van der Waals surface area contributed by atoms with Gasteiger partial charge in [-0.15, -0.1) is 0 Å². The van der Waals surface area contributed by atoms with Crippen LogP contribution < -0.4 is 0 Å². The van der Waals surface area contributed by atoms with Crippen molar-refractivity contribution in [2.45, 2.75) is 43.4 Å². The number of halogens is 1. The average Bonchev–Trinajstić information content (AvgIpc) is 2.76. The predicted octanol–water partition coefficient (Wildman–Crippen LogP) is 2.93. The van der Waals surface area contributed by atoms with Crippen molar-refractivity contribution in [2.24, 2.45) is 23.2 Å². The molecule has 1 aromatic carbocycles. The van der Waals surface area contributed by atoms with Crippen molar-refractivity contribution in [1.29, 1.82) is 0 Å². The van der Waals surface area contributed by atoms with Gasteiger partial charge in [0.25, 0.3) is 5.91 Å². The minimum atomic E-state index is -3.63. The third-order valence-corrected chi connectivity index (χ3v) is 10.0. The van der Waals surface area contributed by atoms with E-state index in [4.69, 9.17) is 16.3 Å². The van der Waals surface area contributed by atoms with E-state index >= 15 is 0 Å². The maximum Gasteiger partial charge on any atom is 0.312 e. The second kappa shape index (κ2) is 8.29. The Morgan fingerprint density at radius 3 is 2.00 bits per heavy atom. The fourth-order valence-corrected chi connectivity index (χ4v) is 8.21. The Morgan fingerprint density at radius 1 is 0.938 bits per heavy atom. The van der Waals surface area contributed by atoms with Crippen LogP contribution in [0.5, 0.6) is 0 Å². The number of ether oxygens (including phenoxy) is 1. The van der Waals surface area contributed by atoms with Crippen LogP contribution in [0.25, 0.3) is 0 Å². The largest absolute Gasteiger partial charge is 0.455 e. The highest BCUT2D eigenvalue weighted by molar-refractivity contribution is 7.89. The molecule has 7 nitrogen and oxygen atoms in total. The highest BCUT2D eigenvalue weighted by Gasteiger charge is 2.55. The minimum absolute atomic E-state index is 0.186. The number of hydrogen-bond donors (Lipinski definition) is 0. The van der Waals surface area contributed by atoms with Gasteiger partial charge in [-0.3, -0.25) is 9.59 Å². The van der Waals surface area contributed by atoms with E-state index in [0.29, 0.717) is 22.8 Å². The maximum atomic E-state index is 13.0. The molecule has 1 saturated heterocycles. The SMILES string of the molecule is O=C(COC(=O)C12CC3CC(CC(C3)C1)C2)N1CCN(S(=O)(=O)c2ccc(Cl)cc2)CC1. The number of hydrogen-bond acceptors (Lipinski definition) is 5. The molecule has 6 rings (SSSR count). The van der Waals surface area contributed by atoms with Gasteiger partial charge in [0.15, 0.2) is 6.61 Å². The maximum absolute atomic E-state index is 13.0. The first-order chi connectivity index (χ1) is 15.2. The molecule has 4 saturated carbocycles. The number of carbonyl (C=O) groups excluding carboxylic acids is 2. The van der Waals surface area contributed by atoms with Crippen molar-refractivity contribution in [3.05, 3.63) is 29.3 Å². The summed E-state index contributed by atoms with van der Waals surface area (Å²) in [5.74, 6) is 1.46. The van der Waals surface area contributed by atoms with E-state index in [1.54, 1.807) is 17.0 Å². The molecule has 1 aliphatic heterocycles. The van der Waals surface area contributed by atoms with E-state index in [1.807, 2.05) is 0 Å². The first kappa shape index (κ1) is 22.2. The van der Waals surface area contributed by atoms with Gasteiger partial charge in [0.1, 0.15) is 0 Å². The molecule has 0 radical (unpaired) electrons. The Kier molecular flexibility index (Phi) is 5.75. The molecule has 4 bridgehead atoms. The monoisotopic (exact) mass is 480 g/mol. The van der Waals surface area contributed by atoms with Crippen LogP contribution in [-0.2, 0) is 24.3 Å². The second-order valence-electron chi connectivity index (χ2n) is 10.0. The lowest BCUT2D eigenvalue weighted by Crippen LogP contribution is -2.52. The van der Waals surface area contributed by atoms with E-state index < -0.39 is 10.0 Å². The molecule has 32 heavy (non-hydrogen) atoms. The summed E-state index contributed by atoms with van der Waals surface area (Å²) in [6.07, 6.45) is 6.46. The Balaban J connectivity index is 1.13. The smallest absolute Gasteiger partial charge is 0.312 e. The van der Waals surface area contributed by atoms with Gasteiger partial charge in [-0.25, -0.2) is 8.42 Å². The van der Waals surface area contributed by atoms with E-state index in [2.05, 4.69) is 0 Å². The second-order valence-corrected chi connectivity index (χ2v) is 12.4. The van der Waals surface area contributed by atoms with E-state index in [1.165, 1.54) is 35.7 Å². The summed E-state index contributed by atoms with van der Waals surface area (Å²) in [6.45, 7) is 0.713. The lowest BCUT2D eigenvalue weighted by Gasteiger charge is -2.55. The molecular formula is C23H29ClN2O5S. The number of benzene rings is 1. The van der Waals surface area contributed by atoms with Crippen molar-refractivity contribution in [3.8, 4) is 0 Å². The quantitative estimate of drug-likeness (QED) is 0.605. The Hall–Kier alpha value is -1.64. The van der Waals surface area contributed by atoms with Gasteiger partial charge in [0, 0.05) is 31.2 Å². The fraction of sp³-hybridized carbons (Fsp3) is 0.652. The van der Waals surface area contributed by atoms with Crippen molar-refractivity contribution >= 4 is 33.5 Å². The van der Waals surface area contributed by atoms with Gasteiger partial charge in [-0.1, -0.05) is 11.6 Å². The summed E-state index contributed by atoms with van der Waals surface area (Å²) in [5.41, 5.74) is -0.375. The van der Waals surface area contributed by atoms with Crippen LogP contribution in [-0.4, -0.2) is 62.3 Å². The summed E-state index contributed by atoms with van der Waals surface area (Å²) in [7, 11) is -3.63. The molecule has 0 spiro atoms. The lowest BCUT2D eigenvalue weighted by atomic mass is 9.49. The van der Waals surface area contributed by atoms with Crippen LogP contribution >= 0.6 is 11.6 Å². The molecule has 174 valence electrons. The van der Waals surface area contributed by atoms with Crippen LogP contribution in [0, 0.1) is 23.2 Å². The van der Waals surface area contributed by atoms with Gasteiger partial charge in [-0.05, 0) is 80.5 Å². The average molecular weight is 481 g/mol. The molecule has 9 heteroatoms. The molecule has 1 amide bonds. The molecule has 4 aliphatic carbocycles. The van der Waals surface area contributed by atoms with Crippen molar-refractivity contribution in [1.82, 2.24) is 9.21 Å². The Bertz CT molecular complexity index is 966. The number of nitrogens with zero attached hydrogens (tertiary/aromatic N) is 2. The highest BCUT2D eigenvalue weighted by atomic mass is 35.5.